The van der Waals surface area contributed by atoms with E-state index in [1.54, 1.807) is 7.11 Å². The monoisotopic (exact) mass is 347 g/mol. The van der Waals surface area contributed by atoms with Crippen LogP contribution in [-0.2, 0) is 6.42 Å². The van der Waals surface area contributed by atoms with Gasteiger partial charge in [-0.05, 0) is 58.6 Å². The number of ether oxygens (including phenoxy) is 1. The molecule has 0 fully saturated rings. The van der Waals surface area contributed by atoms with Crippen molar-refractivity contribution < 1.29 is 9.53 Å². The van der Waals surface area contributed by atoms with Crippen molar-refractivity contribution in [2.45, 2.75) is 13.3 Å². The first-order valence-corrected chi connectivity index (χ1v) is 7.57. The van der Waals surface area contributed by atoms with E-state index in [1.165, 1.54) is 0 Å². The van der Waals surface area contributed by atoms with Gasteiger partial charge in [0, 0.05) is 11.0 Å². The molecule has 0 aromatic heterocycles. The number of rotatable bonds is 5. The zero-order valence-electron chi connectivity index (χ0n) is 12.2. The Kier molecular flexibility index (Phi) is 5.39. The molecular formula is C17H18BrNO2. The third-order valence-electron chi connectivity index (χ3n) is 3.27. The van der Waals surface area contributed by atoms with E-state index in [0.717, 1.165) is 27.8 Å². The number of nitrogens with one attached hydrogen (secondary N) is 1. The lowest BCUT2D eigenvalue weighted by Crippen LogP contribution is -2.26. The highest BCUT2D eigenvalue weighted by atomic mass is 79.9. The maximum absolute atomic E-state index is 12.2. The zero-order valence-corrected chi connectivity index (χ0v) is 13.7. The topological polar surface area (TPSA) is 38.3 Å². The highest BCUT2D eigenvalue weighted by Crippen LogP contribution is 2.20. The average Bonchev–Trinajstić information content (AvgIpc) is 2.50. The Labute approximate surface area is 133 Å². The minimum atomic E-state index is -0.0616. The maximum atomic E-state index is 12.2. The third kappa shape index (κ3) is 4.08. The van der Waals surface area contributed by atoms with Gasteiger partial charge < -0.3 is 10.1 Å². The summed E-state index contributed by atoms with van der Waals surface area (Å²) in [6.45, 7) is 2.56. The molecule has 2 aromatic rings. The van der Waals surface area contributed by atoms with Crippen LogP contribution < -0.4 is 10.1 Å². The summed E-state index contributed by atoms with van der Waals surface area (Å²) in [5.41, 5.74) is 2.86. The maximum Gasteiger partial charge on any atom is 0.252 e. The second kappa shape index (κ2) is 7.27. The fraction of sp³-hybridized carbons (Fsp3) is 0.235. The molecule has 0 bridgehead atoms. The van der Waals surface area contributed by atoms with Gasteiger partial charge in [-0.2, -0.15) is 0 Å². The van der Waals surface area contributed by atoms with Crippen molar-refractivity contribution in [3.8, 4) is 5.75 Å². The number of hydrogen-bond donors (Lipinski definition) is 1. The number of amides is 1. The predicted octanol–water partition coefficient (Wildman–Crippen LogP) is 3.74. The largest absolute Gasteiger partial charge is 0.497 e. The number of aryl methyl sites for hydroxylation is 1. The smallest absolute Gasteiger partial charge is 0.252 e. The van der Waals surface area contributed by atoms with Crippen molar-refractivity contribution in [1.82, 2.24) is 5.32 Å². The summed E-state index contributed by atoms with van der Waals surface area (Å²) in [5.74, 6) is 0.772. The van der Waals surface area contributed by atoms with Crippen molar-refractivity contribution in [1.29, 1.82) is 0 Å². The van der Waals surface area contributed by atoms with Crippen LogP contribution in [0.5, 0.6) is 5.75 Å². The summed E-state index contributed by atoms with van der Waals surface area (Å²) in [7, 11) is 1.65. The fourth-order valence-electron chi connectivity index (χ4n) is 2.07. The quantitative estimate of drug-likeness (QED) is 0.894. The molecule has 0 heterocycles. The van der Waals surface area contributed by atoms with Crippen LogP contribution in [0, 0.1) is 6.92 Å². The second-order valence-electron chi connectivity index (χ2n) is 4.79. The van der Waals surface area contributed by atoms with Gasteiger partial charge in [0.05, 0.1) is 12.7 Å². The van der Waals surface area contributed by atoms with Gasteiger partial charge in [0.25, 0.3) is 5.91 Å². The van der Waals surface area contributed by atoms with Crippen molar-refractivity contribution in [3.05, 3.63) is 63.6 Å². The van der Waals surface area contributed by atoms with E-state index < -0.39 is 0 Å². The summed E-state index contributed by atoms with van der Waals surface area (Å²) in [5, 5.41) is 2.94. The van der Waals surface area contributed by atoms with E-state index in [9.17, 15) is 4.79 Å². The van der Waals surface area contributed by atoms with E-state index in [2.05, 4.69) is 21.2 Å². The summed E-state index contributed by atoms with van der Waals surface area (Å²) in [6, 6.07) is 13.5. The molecule has 0 aliphatic carbocycles. The molecular weight excluding hydrogens is 330 g/mol. The van der Waals surface area contributed by atoms with Crippen LogP contribution >= 0.6 is 15.9 Å². The van der Waals surface area contributed by atoms with E-state index in [1.807, 2.05) is 49.4 Å². The molecule has 0 spiro atoms. The van der Waals surface area contributed by atoms with Crippen molar-refractivity contribution in [2.75, 3.05) is 13.7 Å². The van der Waals surface area contributed by atoms with Crippen LogP contribution in [0.2, 0.25) is 0 Å². The molecule has 4 heteroatoms. The van der Waals surface area contributed by atoms with Crippen LogP contribution in [0.1, 0.15) is 21.5 Å². The highest BCUT2D eigenvalue weighted by molar-refractivity contribution is 9.10. The Balaban J connectivity index is 1.94. The SMILES string of the molecule is COc1cccc(CCNC(=O)c2cccc(C)c2Br)c1. The first-order valence-electron chi connectivity index (χ1n) is 6.78. The van der Waals surface area contributed by atoms with Gasteiger partial charge in [0.15, 0.2) is 0 Å². The molecule has 21 heavy (non-hydrogen) atoms. The summed E-state index contributed by atoms with van der Waals surface area (Å²) in [6.07, 6.45) is 0.770. The molecule has 0 aliphatic heterocycles. The lowest BCUT2D eigenvalue weighted by Gasteiger charge is -2.09. The molecule has 0 unspecified atom stereocenters. The van der Waals surface area contributed by atoms with Gasteiger partial charge >= 0.3 is 0 Å². The second-order valence-corrected chi connectivity index (χ2v) is 5.59. The number of carbonyl (C=O) groups excluding carboxylic acids is 1. The Morgan fingerprint density at radius 3 is 2.76 bits per heavy atom. The molecule has 0 saturated carbocycles. The molecule has 0 radical (unpaired) electrons. The zero-order chi connectivity index (χ0) is 15.2. The average molecular weight is 348 g/mol. The molecule has 2 aromatic carbocycles. The Morgan fingerprint density at radius 2 is 2.00 bits per heavy atom. The van der Waals surface area contributed by atoms with Crippen LogP contribution in [-0.4, -0.2) is 19.6 Å². The first kappa shape index (κ1) is 15.6. The number of methoxy groups -OCH3 is 1. The number of hydrogen-bond acceptors (Lipinski definition) is 2. The number of halogens is 1. The van der Waals surface area contributed by atoms with Gasteiger partial charge in [0.1, 0.15) is 5.75 Å². The Bertz CT molecular complexity index is 640. The van der Waals surface area contributed by atoms with E-state index in [0.29, 0.717) is 12.1 Å². The van der Waals surface area contributed by atoms with Crippen LogP contribution in [0.4, 0.5) is 0 Å². The number of carbonyl (C=O) groups is 1. The Morgan fingerprint density at radius 1 is 1.24 bits per heavy atom. The molecule has 1 N–H and O–H groups in total. The van der Waals surface area contributed by atoms with Crippen molar-refractivity contribution >= 4 is 21.8 Å². The molecule has 0 aliphatic rings. The van der Waals surface area contributed by atoms with Gasteiger partial charge in [-0.3, -0.25) is 4.79 Å². The molecule has 110 valence electrons. The van der Waals surface area contributed by atoms with Gasteiger partial charge in [-0.1, -0.05) is 24.3 Å². The Hall–Kier alpha value is -1.81. The fourth-order valence-corrected chi connectivity index (χ4v) is 2.51. The lowest BCUT2D eigenvalue weighted by molar-refractivity contribution is 0.0953. The summed E-state index contributed by atoms with van der Waals surface area (Å²) < 4.78 is 6.04. The van der Waals surface area contributed by atoms with E-state index >= 15 is 0 Å². The van der Waals surface area contributed by atoms with E-state index in [-0.39, 0.29) is 5.91 Å². The summed E-state index contributed by atoms with van der Waals surface area (Å²) in [4.78, 5) is 12.2. The minimum Gasteiger partial charge on any atom is -0.497 e. The predicted molar refractivity (Wildman–Crippen MR) is 87.9 cm³/mol. The molecule has 0 saturated heterocycles. The van der Waals surface area contributed by atoms with Gasteiger partial charge in [0.2, 0.25) is 0 Å². The molecule has 1 amide bonds. The normalized spacial score (nSPS) is 10.2. The highest BCUT2D eigenvalue weighted by Gasteiger charge is 2.10. The van der Waals surface area contributed by atoms with Crippen LogP contribution in [0.3, 0.4) is 0 Å². The van der Waals surface area contributed by atoms with E-state index in [4.69, 9.17) is 4.74 Å². The number of benzene rings is 2. The molecule has 2 rings (SSSR count). The molecule has 0 atom stereocenters. The summed E-state index contributed by atoms with van der Waals surface area (Å²) >= 11 is 3.46. The standard InChI is InChI=1S/C17H18BrNO2/c1-12-5-3-8-15(16(12)18)17(20)19-10-9-13-6-4-7-14(11-13)21-2/h3-8,11H,9-10H2,1-2H3,(H,19,20). The van der Waals surface area contributed by atoms with Crippen molar-refractivity contribution in [3.63, 3.8) is 0 Å². The van der Waals surface area contributed by atoms with Gasteiger partial charge in [-0.15, -0.1) is 0 Å². The van der Waals surface area contributed by atoms with Crippen LogP contribution in [0.15, 0.2) is 46.9 Å². The minimum absolute atomic E-state index is 0.0616. The molecule has 3 nitrogen and oxygen atoms in total. The first-order chi connectivity index (χ1) is 10.1. The van der Waals surface area contributed by atoms with Gasteiger partial charge in [-0.25, -0.2) is 0 Å². The van der Waals surface area contributed by atoms with Crippen molar-refractivity contribution in [2.24, 2.45) is 0 Å². The van der Waals surface area contributed by atoms with Crippen LogP contribution in [0.25, 0.3) is 0 Å². The lowest BCUT2D eigenvalue weighted by atomic mass is 10.1. The third-order valence-corrected chi connectivity index (χ3v) is 4.32.